The maximum atomic E-state index is 5.76. The fourth-order valence-electron chi connectivity index (χ4n) is 2.00. The molecule has 0 radical (unpaired) electrons. The van der Waals surface area contributed by atoms with Gasteiger partial charge in [-0.2, -0.15) is 0 Å². The zero-order valence-corrected chi connectivity index (χ0v) is 13.3. The molecule has 0 aliphatic carbocycles. The minimum Gasteiger partial charge on any atom is -0.488 e. The van der Waals surface area contributed by atoms with Gasteiger partial charge in [0.15, 0.2) is 0 Å². The van der Waals surface area contributed by atoms with Gasteiger partial charge in [-0.05, 0) is 40.6 Å². The Bertz CT molecular complexity index is 630. The first-order chi connectivity index (χ1) is 10.4. The summed E-state index contributed by atoms with van der Waals surface area (Å²) in [7, 11) is 0. The lowest BCUT2D eigenvalue weighted by atomic mass is 10.2. The molecule has 21 heavy (non-hydrogen) atoms. The van der Waals surface area contributed by atoms with Crippen molar-refractivity contribution < 1.29 is 4.74 Å². The van der Waals surface area contributed by atoms with Crippen LogP contribution in [-0.2, 0) is 19.7 Å². The fraction of sp³-hybridized carbons (Fsp3) is 0.176. The number of ether oxygens (including phenoxy) is 1. The second-order valence-corrected chi connectivity index (χ2v) is 6.76. The van der Waals surface area contributed by atoms with Crippen molar-refractivity contribution in [2.75, 3.05) is 0 Å². The van der Waals surface area contributed by atoms with E-state index in [1.54, 1.807) is 22.7 Å². The van der Waals surface area contributed by atoms with Gasteiger partial charge in [0.05, 0.1) is 0 Å². The number of nitrogens with one attached hydrogen (secondary N) is 1. The third kappa shape index (κ3) is 4.43. The Balaban J connectivity index is 1.45. The summed E-state index contributed by atoms with van der Waals surface area (Å²) < 4.78 is 5.76. The molecule has 0 fully saturated rings. The normalized spacial score (nSPS) is 10.7. The lowest BCUT2D eigenvalue weighted by Crippen LogP contribution is -2.11. The highest BCUT2D eigenvalue weighted by molar-refractivity contribution is 7.10. The van der Waals surface area contributed by atoms with Crippen LogP contribution in [0, 0.1) is 0 Å². The molecule has 0 aliphatic rings. The monoisotopic (exact) mass is 315 g/mol. The molecule has 0 saturated heterocycles. The second-order valence-electron chi connectivity index (χ2n) is 4.69. The SMILES string of the molecule is c1csc(CNCc2ccc(OCc3cccs3)cc2)c1. The predicted octanol–water partition coefficient (Wildman–Crippen LogP) is 4.68. The second kappa shape index (κ2) is 7.41. The Morgan fingerprint density at radius 3 is 2.19 bits per heavy atom. The van der Waals surface area contributed by atoms with Gasteiger partial charge < -0.3 is 10.1 Å². The van der Waals surface area contributed by atoms with Gasteiger partial charge in [-0.1, -0.05) is 24.3 Å². The predicted molar refractivity (Wildman–Crippen MR) is 90.0 cm³/mol. The van der Waals surface area contributed by atoms with Gasteiger partial charge in [-0.25, -0.2) is 0 Å². The molecular formula is C17H17NOS2. The van der Waals surface area contributed by atoms with E-state index in [2.05, 4.69) is 46.4 Å². The molecule has 0 aliphatic heterocycles. The Morgan fingerprint density at radius 1 is 0.810 bits per heavy atom. The average molecular weight is 315 g/mol. The molecule has 2 aromatic heterocycles. The highest BCUT2D eigenvalue weighted by atomic mass is 32.1. The molecular weight excluding hydrogens is 298 g/mol. The van der Waals surface area contributed by atoms with E-state index < -0.39 is 0 Å². The number of hydrogen-bond acceptors (Lipinski definition) is 4. The molecule has 2 heterocycles. The van der Waals surface area contributed by atoms with Crippen molar-refractivity contribution in [3.05, 3.63) is 74.6 Å². The van der Waals surface area contributed by atoms with Crippen LogP contribution in [0.25, 0.3) is 0 Å². The number of hydrogen-bond donors (Lipinski definition) is 1. The van der Waals surface area contributed by atoms with E-state index in [1.807, 2.05) is 18.2 Å². The van der Waals surface area contributed by atoms with E-state index in [9.17, 15) is 0 Å². The summed E-state index contributed by atoms with van der Waals surface area (Å²) in [5, 5.41) is 7.63. The minimum atomic E-state index is 0.646. The lowest BCUT2D eigenvalue weighted by molar-refractivity contribution is 0.309. The molecule has 3 rings (SSSR count). The van der Waals surface area contributed by atoms with Crippen molar-refractivity contribution in [1.82, 2.24) is 5.32 Å². The van der Waals surface area contributed by atoms with Gasteiger partial charge in [-0.3, -0.25) is 0 Å². The van der Waals surface area contributed by atoms with Crippen molar-refractivity contribution in [3.8, 4) is 5.75 Å². The summed E-state index contributed by atoms with van der Waals surface area (Å²) in [4.78, 5) is 2.61. The smallest absolute Gasteiger partial charge is 0.122 e. The largest absolute Gasteiger partial charge is 0.488 e. The molecule has 108 valence electrons. The van der Waals surface area contributed by atoms with Crippen LogP contribution in [0.15, 0.2) is 59.3 Å². The van der Waals surface area contributed by atoms with Crippen LogP contribution in [0.1, 0.15) is 15.3 Å². The summed E-state index contributed by atoms with van der Waals surface area (Å²) in [6.07, 6.45) is 0. The summed E-state index contributed by atoms with van der Waals surface area (Å²) in [5.74, 6) is 0.922. The molecule has 3 aromatic rings. The molecule has 0 atom stereocenters. The first-order valence-corrected chi connectivity index (χ1v) is 8.63. The van der Waals surface area contributed by atoms with Crippen LogP contribution in [0.3, 0.4) is 0 Å². The molecule has 0 unspecified atom stereocenters. The van der Waals surface area contributed by atoms with Crippen molar-refractivity contribution in [3.63, 3.8) is 0 Å². The summed E-state index contributed by atoms with van der Waals surface area (Å²) in [6.45, 7) is 2.45. The van der Waals surface area contributed by atoms with Crippen LogP contribution >= 0.6 is 22.7 Å². The molecule has 0 spiro atoms. The molecule has 1 aromatic carbocycles. The van der Waals surface area contributed by atoms with Crippen LogP contribution in [0.5, 0.6) is 5.75 Å². The lowest BCUT2D eigenvalue weighted by Gasteiger charge is -2.07. The molecule has 0 bridgehead atoms. The standard InChI is InChI=1S/C17H17NOS2/c1-3-16(20-9-1)12-18-11-14-5-7-15(8-6-14)19-13-17-4-2-10-21-17/h1-10,18H,11-13H2. The maximum Gasteiger partial charge on any atom is 0.122 e. The van der Waals surface area contributed by atoms with Gasteiger partial charge in [0.25, 0.3) is 0 Å². The number of benzene rings is 1. The maximum absolute atomic E-state index is 5.76. The van der Waals surface area contributed by atoms with Crippen LogP contribution < -0.4 is 10.1 Å². The van der Waals surface area contributed by atoms with Crippen LogP contribution in [0.4, 0.5) is 0 Å². The van der Waals surface area contributed by atoms with Gasteiger partial charge >= 0.3 is 0 Å². The van der Waals surface area contributed by atoms with Crippen molar-refractivity contribution >= 4 is 22.7 Å². The number of thiophene rings is 2. The molecule has 4 heteroatoms. The van der Waals surface area contributed by atoms with Gasteiger partial charge in [0.2, 0.25) is 0 Å². The zero-order valence-electron chi connectivity index (χ0n) is 11.6. The Labute approximate surface area is 133 Å². The summed E-state index contributed by atoms with van der Waals surface area (Å²) in [6, 6.07) is 16.7. The third-order valence-electron chi connectivity index (χ3n) is 3.09. The molecule has 2 nitrogen and oxygen atoms in total. The van der Waals surface area contributed by atoms with E-state index in [4.69, 9.17) is 4.74 Å². The van der Waals surface area contributed by atoms with Crippen LogP contribution in [0.2, 0.25) is 0 Å². The zero-order chi connectivity index (χ0) is 14.3. The minimum absolute atomic E-state index is 0.646. The first-order valence-electron chi connectivity index (χ1n) is 6.87. The van der Waals surface area contributed by atoms with E-state index in [0.29, 0.717) is 6.61 Å². The Hall–Kier alpha value is -1.62. The van der Waals surface area contributed by atoms with Crippen LogP contribution in [-0.4, -0.2) is 0 Å². The molecule has 1 N–H and O–H groups in total. The highest BCUT2D eigenvalue weighted by Gasteiger charge is 1.98. The van der Waals surface area contributed by atoms with Crippen molar-refractivity contribution in [2.45, 2.75) is 19.7 Å². The third-order valence-corrected chi connectivity index (χ3v) is 4.82. The number of rotatable bonds is 7. The first kappa shape index (κ1) is 14.3. The van der Waals surface area contributed by atoms with E-state index in [1.165, 1.54) is 15.3 Å². The average Bonchev–Trinajstić information content (AvgIpc) is 3.20. The van der Waals surface area contributed by atoms with Gasteiger partial charge in [-0.15, -0.1) is 22.7 Å². The summed E-state index contributed by atoms with van der Waals surface area (Å²) >= 11 is 3.51. The van der Waals surface area contributed by atoms with Crippen molar-refractivity contribution in [2.24, 2.45) is 0 Å². The van der Waals surface area contributed by atoms with E-state index >= 15 is 0 Å². The van der Waals surface area contributed by atoms with Gasteiger partial charge in [0, 0.05) is 22.8 Å². The molecule has 0 saturated carbocycles. The molecule has 0 amide bonds. The van der Waals surface area contributed by atoms with Gasteiger partial charge in [0.1, 0.15) is 12.4 Å². The Kier molecular flexibility index (Phi) is 5.05. The summed E-state index contributed by atoms with van der Waals surface area (Å²) in [5.41, 5.74) is 1.27. The Morgan fingerprint density at radius 2 is 1.52 bits per heavy atom. The van der Waals surface area contributed by atoms with E-state index in [-0.39, 0.29) is 0 Å². The van der Waals surface area contributed by atoms with E-state index in [0.717, 1.165) is 18.8 Å². The fourth-order valence-corrected chi connectivity index (χ4v) is 3.29. The van der Waals surface area contributed by atoms with Crippen molar-refractivity contribution in [1.29, 1.82) is 0 Å². The highest BCUT2D eigenvalue weighted by Crippen LogP contribution is 2.16. The topological polar surface area (TPSA) is 21.3 Å². The quantitative estimate of drug-likeness (QED) is 0.683.